The van der Waals surface area contributed by atoms with E-state index < -0.39 is 29.9 Å². The first-order valence-electron chi connectivity index (χ1n) is 10.4. The standard InChI is InChI=1S/C23H25N3O7/c27-20(22(30)31)25-19(21(28)29)13-15-4-6-18(7-5-15)33-23(32)17-3-1-2-16(12-17)14-26-10-8-24-9-11-26/h1-7,12,19,24H,8-11,13-14H2,(H,25,27)(H,28,29)(H,30,31)/t19-/m1/s1. The molecule has 4 N–H and O–H groups in total. The van der Waals surface area contributed by atoms with Gasteiger partial charge < -0.3 is 25.6 Å². The molecular weight excluding hydrogens is 430 g/mol. The van der Waals surface area contributed by atoms with E-state index in [-0.39, 0.29) is 12.2 Å². The molecule has 2 aromatic rings. The second-order valence-electron chi connectivity index (χ2n) is 7.63. The number of nitrogens with zero attached hydrogens (tertiary/aromatic N) is 1. The van der Waals surface area contributed by atoms with E-state index in [4.69, 9.17) is 9.84 Å². The zero-order valence-electron chi connectivity index (χ0n) is 17.8. The minimum absolute atomic E-state index is 0.128. The highest BCUT2D eigenvalue weighted by molar-refractivity contribution is 6.31. The van der Waals surface area contributed by atoms with Crippen LogP contribution in [0.3, 0.4) is 0 Å². The molecule has 0 aromatic heterocycles. The minimum atomic E-state index is -1.76. The number of carboxylic acids is 2. The molecule has 1 aliphatic heterocycles. The number of amides is 1. The lowest BCUT2D eigenvalue weighted by molar-refractivity contribution is -0.152. The van der Waals surface area contributed by atoms with Crippen molar-refractivity contribution < 1.29 is 34.1 Å². The second-order valence-corrected chi connectivity index (χ2v) is 7.63. The van der Waals surface area contributed by atoms with Crippen molar-refractivity contribution in [1.29, 1.82) is 0 Å². The summed E-state index contributed by atoms with van der Waals surface area (Å²) < 4.78 is 5.42. The number of piperazine rings is 1. The van der Waals surface area contributed by atoms with Gasteiger partial charge in [0.25, 0.3) is 0 Å². The lowest BCUT2D eigenvalue weighted by Crippen LogP contribution is -2.45. The molecule has 0 bridgehead atoms. The number of ether oxygens (including phenoxy) is 1. The van der Waals surface area contributed by atoms with Crippen LogP contribution in [0.25, 0.3) is 0 Å². The van der Waals surface area contributed by atoms with Crippen LogP contribution in [0.2, 0.25) is 0 Å². The Morgan fingerprint density at radius 3 is 2.33 bits per heavy atom. The molecule has 0 radical (unpaired) electrons. The zero-order chi connectivity index (χ0) is 23.8. The van der Waals surface area contributed by atoms with Crippen molar-refractivity contribution in [2.24, 2.45) is 0 Å². The van der Waals surface area contributed by atoms with Crippen LogP contribution in [-0.2, 0) is 27.3 Å². The van der Waals surface area contributed by atoms with E-state index in [0.29, 0.717) is 11.1 Å². The van der Waals surface area contributed by atoms with Crippen LogP contribution in [0.5, 0.6) is 5.75 Å². The van der Waals surface area contributed by atoms with E-state index in [1.54, 1.807) is 24.3 Å². The molecule has 0 unspecified atom stereocenters. The van der Waals surface area contributed by atoms with Crippen LogP contribution in [-0.4, -0.2) is 71.1 Å². The number of esters is 1. The largest absolute Gasteiger partial charge is 0.480 e. The number of benzene rings is 2. The number of rotatable bonds is 8. The van der Waals surface area contributed by atoms with E-state index in [9.17, 15) is 24.3 Å². The van der Waals surface area contributed by atoms with Gasteiger partial charge in [-0.15, -0.1) is 0 Å². The molecule has 1 saturated heterocycles. The van der Waals surface area contributed by atoms with Gasteiger partial charge in [-0.25, -0.2) is 14.4 Å². The van der Waals surface area contributed by atoms with Crippen molar-refractivity contribution in [2.45, 2.75) is 19.0 Å². The van der Waals surface area contributed by atoms with Gasteiger partial charge in [-0.2, -0.15) is 0 Å². The number of nitrogens with one attached hydrogen (secondary N) is 2. The first-order valence-corrected chi connectivity index (χ1v) is 10.4. The molecule has 3 rings (SSSR count). The van der Waals surface area contributed by atoms with E-state index in [1.807, 2.05) is 17.4 Å². The van der Waals surface area contributed by atoms with Crippen molar-refractivity contribution in [3.8, 4) is 5.75 Å². The molecule has 174 valence electrons. The quantitative estimate of drug-likeness (QED) is 0.254. The summed E-state index contributed by atoms with van der Waals surface area (Å²) in [5.74, 6) is -4.76. The fourth-order valence-electron chi connectivity index (χ4n) is 3.44. The van der Waals surface area contributed by atoms with Crippen LogP contribution in [0.1, 0.15) is 21.5 Å². The first kappa shape index (κ1) is 23.9. The Labute approximate surface area is 190 Å². The number of carbonyl (C=O) groups excluding carboxylic acids is 2. The third-order valence-electron chi connectivity index (χ3n) is 5.15. The third-order valence-corrected chi connectivity index (χ3v) is 5.15. The van der Waals surface area contributed by atoms with Gasteiger partial charge in [0, 0.05) is 39.1 Å². The van der Waals surface area contributed by atoms with Crippen LogP contribution >= 0.6 is 0 Å². The molecule has 1 heterocycles. The van der Waals surface area contributed by atoms with Crippen molar-refractivity contribution in [3.63, 3.8) is 0 Å². The molecule has 10 heteroatoms. The molecule has 10 nitrogen and oxygen atoms in total. The number of hydrogen-bond donors (Lipinski definition) is 4. The van der Waals surface area contributed by atoms with Gasteiger partial charge in [0.1, 0.15) is 11.8 Å². The molecule has 1 fully saturated rings. The normalized spacial score (nSPS) is 14.8. The molecule has 1 atom stereocenters. The maximum Gasteiger partial charge on any atom is 0.394 e. The Morgan fingerprint density at radius 2 is 1.70 bits per heavy atom. The minimum Gasteiger partial charge on any atom is -0.480 e. The van der Waals surface area contributed by atoms with Crippen LogP contribution < -0.4 is 15.4 Å². The van der Waals surface area contributed by atoms with Crippen LogP contribution in [0.15, 0.2) is 48.5 Å². The van der Waals surface area contributed by atoms with E-state index >= 15 is 0 Å². The number of aliphatic carboxylic acids is 2. The molecule has 0 saturated carbocycles. The van der Waals surface area contributed by atoms with E-state index in [1.165, 1.54) is 12.1 Å². The lowest BCUT2D eigenvalue weighted by atomic mass is 10.1. The lowest BCUT2D eigenvalue weighted by Gasteiger charge is -2.27. The summed E-state index contributed by atoms with van der Waals surface area (Å²) in [5.41, 5.74) is 1.96. The Kier molecular flexibility index (Phi) is 8.11. The predicted molar refractivity (Wildman–Crippen MR) is 117 cm³/mol. The van der Waals surface area contributed by atoms with Gasteiger partial charge >= 0.3 is 23.8 Å². The van der Waals surface area contributed by atoms with Crippen molar-refractivity contribution in [2.75, 3.05) is 26.2 Å². The van der Waals surface area contributed by atoms with Gasteiger partial charge in [-0.05, 0) is 35.4 Å². The molecular formula is C23H25N3O7. The average Bonchev–Trinajstić information content (AvgIpc) is 2.80. The van der Waals surface area contributed by atoms with Crippen molar-refractivity contribution in [3.05, 3.63) is 65.2 Å². The van der Waals surface area contributed by atoms with Gasteiger partial charge in [-0.1, -0.05) is 24.3 Å². The maximum absolute atomic E-state index is 12.6. The van der Waals surface area contributed by atoms with Gasteiger partial charge in [0.05, 0.1) is 5.56 Å². The fourth-order valence-corrected chi connectivity index (χ4v) is 3.44. The Bertz CT molecular complexity index is 1020. The highest BCUT2D eigenvalue weighted by Gasteiger charge is 2.23. The van der Waals surface area contributed by atoms with Crippen LogP contribution in [0, 0.1) is 0 Å². The molecule has 33 heavy (non-hydrogen) atoms. The Morgan fingerprint density at radius 1 is 1.00 bits per heavy atom. The van der Waals surface area contributed by atoms with E-state index in [2.05, 4.69) is 10.2 Å². The highest BCUT2D eigenvalue weighted by atomic mass is 16.5. The monoisotopic (exact) mass is 455 g/mol. The second kappa shape index (κ2) is 11.2. The SMILES string of the molecule is O=C(O)C(=O)N[C@H](Cc1ccc(OC(=O)c2cccc(CN3CCNCC3)c2)cc1)C(=O)O. The average molecular weight is 455 g/mol. The van der Waals surface area contributed by atoms with Crippen LogP contribution in [0.4, 0.5) is 0 Å². The molecule has 0 aliphatic carbocycles. The highest BCUT2D eigenvalue weighted by Crippen LogP contribution is 2.17. The van der Waals surface area contributed by atoms with Gasteiger partial charge in [-0.3, -0.25) is 9.69 Å². The summed E-state index contributed by atoms with van der Waals surface area (Å²) in [6.07, 6.45) is -0.128. The van der Waals surface area contributed by atoms with Gasteiger partial charge in [0.15, 0.2) is 0 Å². The molecule has 1 amide bonds. The molecule has 1 aliphatic rings. The first-order chi connectivity index (χ1) is 15.8. The molecule has 2 aromatic carbocycles. The Balaban J connectivity index is 1.59. The predicted octanol–water partition coefficient (Wildman–Crippen LogP) is 0.508. The number of hydrogen-bond acceptors (Lipinski definition) is 7. The van der Waals surface area contributed by atoms with Gasteiger partial charge in [0.2, 0.25) is 0 Å². The number of carboxylic acid groups (broad SMARTS) is 2. The topological polar surface area (TPSA) is 145 Å². The number of carbonyl (C=O) groups is 4. The summed E-state index contributed by atoms with van der Waals surface area (Å²) in [6.45, 7) is 4.53. The molecule has 0 spiro atoms. The summed E-state index contributed by atoms with van der Waals surface area (Å²) in [5, 5.41) is 23.1. The van der Waals surface area contributed by atoms with E-state index in [0.717, 1.165) is 38.3 Å². The summed E-state index contributed by atoms with van der Waals surface area (Å²) in [4.78, 5) is 48.1. The maximum atomic E-state index is 12.6. The fraction of sp³-hybridized carbons (Fsp3) is 0.304. The summed E-state index contributed by atoms with van der Waals surface area (Å²) in [6, 6.07) is 12.0. The zero-order valence-corrected chi connectivity index (χ0v) is 17.8. The Hall–Kier alpha value is -3.76. The smallest absolute Gasteiger partial charge is 0.394 e. The van der Waals surface area contributed by atoms with Crippen molar-refractivity contribution in [1.82, 2.24) is 15.5 Å². The third kappa shape index (κ3) is 7.13. The summed E-state index contributed by atoms with van der Waals surface area (Å²) in [7, 11) is 0. The summed E-state index contributed by atoms with van der Waals surface area (Å²) >= 11 is 0. The van der Waals surface area contributed by atoms with Crippen molar-refractivity contribution >= 4 is 23.8 Å².